The van der Waals surface area contributed by atoms with Crippen LogP contribution in [0, 0.1) is 0 Å². The Morgan fingerprint density at radius 3 is 2.33 bits per heavy atom. The highest BCUT2D eigenvalue weighted by Crippen LogP contribution is 2.49. The minimum Gasteiger partial charge on any atom is -0.507 e. The Balaban J connectivity index is 2.01. The molecule has 27 heavy (non-hydrogen) atoms. The van der Waals surface area contributed by atoms with E-state index in [4.69, 9.17) is 16.3 Å². The van der Waals surface area contributed by atoms with Crippen molar-refractivity contribution in [1.82, 2.24) is 0 Å². The first kappa shape index (κ1) is 17.4. The van der Waals surface area contributed by atoms with Gasteiger partial charge < -0.3 is 9.84 Å². The summed E-state index contributed by atoms with van der Waals surface area (Å²) in [5.74, 6) is 0.584. The Kier molecular flexibility index (Phi) is 4.46. The lowest BCUT2D eigenvalue weighted by Gasteiger charge is -2.30. The number of ketones is 1. The summed E-state index contributed by atoms with van der Waals surface area (Å²) in [5, 5.41) is 11.6. The third-order valence-electron chi connectivity index (χ3n) is 4.70. The van der Waals surface area contributed by atoms with E-state index in [0.717, 1.165) is 11.1 Å². The second kappa shape index (κ2) is 6.93. The molecule has 4 heteroatoms. The average molecular weight is 377 g/mol. The zero-order valence-corrected chi connectivity index (χ0v) is 15.4. The number of hydrogen-bond donors (Lipinski definition) is 1. The minimum absolute atomic E-state index is 0.0317. The number of carbonyl (C=O) groups excluding carboxylic acids is 1. The predicted molar refractivity (Wildman–Crippen MR) is 106 cm³/mol. The van der Waals surface area contributed by atoms with Gasteiger partial charge in [-0.05, 0) is 31.2 Å². The summed E-state index contributed by atoms with van der Waals surface area (Å²) in [6, 6.07) is 21.9. The molecule has 1 atom stereocenters. The quantitative estimate of drug-likeness (QED) is 0.441. The largest absolute Gasteiger partial charge is 0.507 e. The number of ether oxygens (including phenoxy) is 1. The van der Waals surface area contributed by atoms with Gasteiger partial charge >= 0.3 is 0 Å². The SMILES string of the molecule is CC(=O)C(=C(O)c1ccccc1)[C@@H]1c2ccccc2Oc2ccc(Cl)cc21. The molecule has 0 unspecified atom stereocenters. The average Bonchev–Trinajstić information content (AvgIpc) is 2.68. The van der Waals surface area contributed by atoms with Gasteiger partial charge in [-0.3, -0.25) is 4.79 Å². The third kappa shape index (κ3) is 3.11. The monoisotopic (exact) mass is 376 g/mol. The summed E-state index contributed by atoms with van der Waals surface area (Å²) in [6.45, 7) is 1.47. The lowest BCUT2D eigenvalue weighted by Crippen LogP contribution is -2.18. The molecule has 0 amide bonds. The van der Waals surface area contributed by atoms with Gasteiger partial charge in [0.1, 0.15) is 17.3 Å². The number of halogens is 1. The Morgan fingerprint density at radius 1 is 0.926 bits per heavy atom. The summed E-state index contributed by atoms with van der Waals surface area (Å²) in [5.41, 5.74) is 2.49. The van der Waals surface area contributed by atoms with E-state index in [9.17, 15) is 9.90 Å². The van der Waals surface area contributed by atoms with Crippen molar-refractivity contribution in [3.05, 3.63) is 100 Å². The molecule has 1 N–H and O–H groups in total. The van der Waals surface area contributed by atoms with Crippen molar-refractivity contribution in [3.63, 3.8) is 0 Å². The van der Waals surface area contributed by atoms with E-state index in [1.165, 1.54) is 6.92 Å². The van der Waals surface area contributed by atoms with E-state index in [1.54, 1.807) is 30.3 Å². The maximum Gasteiger partial charge on any atom is 0.160 e. The number of allylic oxidation sites excluding steroid dienone is 1. The molecule has 0 saturated heterocycles. The van der Waals surface area contributed by atoms with Crippen LogP contribution >= 0.6 is 11.6 Å². The molecule has 134 valence electrons. The fourth-order valence-electron chi connectivity index (χ4n) is 3.51. The second-order valence-electron chi connectivity index (χ2n) is 6.44. The molecule has 1 aliphatic heterocycles. The van der Waals surface area contributed by atoms with Gasteiger partial charge in [0.05, 0.1) is 0 Å². The molecule has 1 aliphatic rings. The van der Waals surface area contributed by atoms with Crippen LogP contribution in [-0.2, 0) is 4.79 Å². The number of carbonyl (C=O) groups is 1. The predicted octanol–water partition coefficient (Wildman–Crippen LogP) is 6.14. The van der Waals surface area contributed by atoms with E-state index in [-0.39, 0.29) is 11.5 Å². The maximum atomic E-state index is 12.7. The van der Waals surface area contributed by atoms with Crippen LogP contribution in [0.15, 0.2) is 78.4 Å². The van der Waals surface area contributed by atoms with E-state index in [1.807, 2.05) is 42.5 Å². The third-order valence-corrected chi connectivity index (χ3v) is 4.94. The van der Waals surface area contributed by atoms with Crippen LogP contribution in [-0.4, -0.2) is 10.9 Å². The minimum atomic E-state index is -0.471. The number of hydrogen-bond acceptors (Lipinski definition) is 3. The first-order valence-corrected chi connectivity index (χ1v) is 9.00. The second-order valence-corrected chi connectivity index (χ2v) is 6.88. The van der Waals surface area contributed by atoms with Crippen molar-refractivity contribution in [3.8, 4) is 11.5 Å². The molecule has 0 fully saturated rings. The van der Waals surface area contributed by atoms with Crippen LogP contribution in [0.3, 0.4) is 0 Å². The van der Waals surface area contributed by atoms with Crippen LogP contribution < -0.4 is 4.74 Å². The normalized spacial score (nSPS) is 15.9. The van der Waals surface area contributed by atoms with Gasteiger partial charge in [-0.25, -0.2) is 0 Å². The summed E-state index contributed by atoms with van der Waals surface area (Å²) < 4.78 is 6.00. The number of benzene rings is 3. The number of para-hydroxylation sites is 1. The molecule has 0 bridgehead atoms. The number of rotatable bonds is 3. The Bertz CT molecular complexity index is 1050. The van der Waals surface area contributed by atoms with Crippen LogP contribution in [0.4, 0.5) is 0 Å². The standard InChI is InChI=1S/C23H17ClO3/c1-14(25)21(23(26)15-7-3-2-4-8-15)22-17-9-5-6-10-19(17)27-20-12-11-16(24)13-18(20)22/h2-13,22,26H,1H3/t22-/m1/s1. The summed E-state index contributed by atoms with van der Waals surface area (Å²) in [7, 11) is 0. The van der Waals surface area contributed by atoms with E-state index >= 15 is 0 Å². The van der Waals surface area contributed by atoms with Gasteiger partial charge in [0.25, 0.3) is 0 Å². The topological polar surface area (TPSA) is 46.5 Å². The van der Waals surface area contributed by atoms with E-state index < -0.39 is 5.92 Å². The van der Waals surface area contributed by atoms with E-state index in [0.29, 0.717) is 27.7 Å². The highest BCUT2D eigenvalue weighted by atomic mass is 35.5. The molecule has 1 heterocycles. The number of fused-ring (bicyclic) bond motifs is 2. The molecule has 3 nitrogen and oxygen atoms in total. The molecule has 0 aromatic heterocycles. The molecule has 0 saturated carbocycles. The fraction of sp³-hybridized carbons (Fsp3) is 0.0870. The lowest BCUT2D eigenvalue weighted by atomic mass is 9.79. The van der Waals surface area contributed by atoms with Crippen LogP contribution in [0.2, 0.25) is 5.02 Å². The summed E-state index contributed by atoms with van der Waals surface area (Å²) in [6.07, 6.45) is 0. The molecule has 3 aromatic rings. The highest BCUT2D eigenvalue weighted by molar-refractivity contribution is 6.30. The van der Waals surface area contributed by atoms with Crippen molar-refractivity contribution < 1.29 is 14.6 Å². The van der Waals surface area contributed by atoms with Crippen molar-refractivity contribution in [2.24, 2.45) is 0 Å². The zero-order valence-electron chi connectivity index (χ0n) is 14.6. The first-order valence-electron chi connectivity index (χ1n) is 8.62. The van der Waals surface area contributed by atoms with Crippen LogP contribution in [0.5, 0.6) is 11.5 Å². The summed E-state index contributed by atoms with van der Waals surface area (Å²) in [4.78, 5) is 12.7. The van der Waals surface area contributed by atoms with Gasteiger partial charge in [-0.2, -0.15) is 0 Å². The highest BCUT2D eigenvalue weighted by Gasteiger charge is 2.34. The molecule has 0 aliphatic carbocycles. The van der Waals surface area contributed by atoms with Gasteiger partial charge in [0.2, 0.25) is 0 Å². The molecular weight excluding hydrogens is 360 g/mol. The smallest absolute Gasteiger partial charge is 0.160 e. The van der Waals surface area contributed by atoms with Crippen molar-refractivity contribution in [2.75, 3.05) is 0 Å². The maximum absolute atomic E-state index is 12.7. The van der Waals surface area contributed by atoms with Crippen LogP contribution in [0.25, 0.3) is 5.76 Å². The number of aliphatic hydroxyl groups excluding tert-OH is 1. The number of aliphatic hydroxyl groups is 1. The van der Waals surface area contributed by atoms with Crippen molar-refractivity contribution >= 4 is 23.1 Å². The van der Waals surface area contributed by atoms with E-state index in [2.05, 4.69) is 0 Å². The molecule has 0 radical (unpaired) electrons. The first-order chi connectivity index (χ1) is 13.1. The Morgan fingerprint density at radius 2 is 1.59 bits per heavy atom. The lowest BCUT2D eigenvalue weighted by molar-refractivity contribution is -0.113. The Hall–Kier alpha value is -3.04. The molecular formula is C23H17ClO3. The van der Waals surface area contributed by atoms with Crippen LogP contribution in [0.1, 0.15) is 29.5 Å². The molecule has 3 aromatic carbocycles. The van der Waals surface area contributed by atoms with Crippen molar-refractivity contribution in [1.29, 1.82) is 0 Å². The van der Waals surface area contributed by atoms with Gasteiger partial charge in [-0.15, -0.1) is 0 Å². The van der Waals surface area contributed by atoms with Gasteiger partial charge in [-0.1, -0.05) is 60.1 Å². The molecule has 0 spiro atoms. The van der Waals surface area contributed by atoms with Gasteiger partial charge in [0, 0.05) is 33.2 Å². The zero-order chi connectivity index (χ0) is 19.0. The fourth-order valence-corrected chi connectivity index (χ4v) is 3.69. The van der Waals surface area contributed by atoms with Gasteiger partial charge in [0.15, 0.2) is 5.78 Å². The van der Waals surface area contributed by atoms with Crippen molar-refractivity contribution in [2.45, 2.75) is 12.8 Å². The number of Topliss-reactive ketones (excluding diaryl/α,β-unsaturated/α-hetero) is 1. The summed E-state index contributed by atoms with van der Waals surface area (Å²) >= 11 is 6.23. The Labute approximate surface area is 162 Å². The molecule has 4 rings (SSSR count).